The highest BCUT2D eigenvalue weighted by Crippen LogP contribution is 2.43. The molecule has 1 saturated heterocycles. The fraction of sp³-hybridized carbons (Fsp3) is 0.279. The van der Waals surface area contributed by atoms with E-state index in [0.717, 1.165) is 4.57 Å². The Morgan fingerprint density at radius 2 is 1.39 bits per heavy atom. The first-order valence-corrected chi connectivity index (χ1v) is 17.7. The molecule has 14 heteroatoms. The Bertz CT molecular complexity index is 2150. The number of carbonyl (C=O) groups excluding carboxylic acids is 3. The van der Waals surface area contributed by atoms with Gasteiger partial charge in [-0.25, -0.2) is 9.18 Å². The molecule has 4 atom stereocenters. The lowest BCUT2D eigenvalue weighted by atomic mass is 9.80. The van der Waals surface area contributed by atoms with E-state index in [2.05, 4.69) is 10.3 Å². The minimum absolute atomic E-state index is 0. The number of ether oxygens (including phenoxy) is 5. The summed E-state index contributed by atoms with van der Waals surface area (Å²) in [6.07, 6.45) is -6.75. The van der Waals surface area contributed by atoms with Gasteiger partial charge in [-0.15, -0.1) is 0 Å². The van der Waals surface area contributed by atoms with Crippen molar-refractivity contribution in [3.8, 4) is 11.5 Å². The van der Waals surface area contributed by atoms with Gasteiger partial charge in [0.2, 0.25) is 0 Å². The van der Waals surface area contributed by atoms with Gasteiger partial charge in [-0.1, -0.05) is 80.2 Å². The number of carboxylic acids is 1. The molecule has 1 amide bonds. The van der Waals surface area contributed by atoms with Crippen molar-refractivity contribution in [2.75, 3.05) is 26.1 Å². The molecule has 0 bridgehead atoms. The first-order valence-electron chi connectivity index (χ1n) is 17.7. The minimum Gasteiger partial charge on any atom is -0.550 e. The van der Waals surface area contributed by atoms with Crippen molar-refractivity contribution in [1.82, 2.24) is 9.55 Å². The molecule has 0 saturated carbocycles. The van der Waals surface area contributed by atoms with E-state index >= 15 is 4.39 Å². The summed E-state index contributed by atoms with van der Waals surface area (Å²) in [7, 11) is 3.09. The molecule has 1 aromatic heterocycles. The number of alkyl halides is 1. The maximum Gasteiger partial charge on any atom is 0.351 e. The van der Waals surface area contributed by atoms with Crippen LogP contribution in [0.2, 0.25) is 0 Å². The lowest BCUT2D eigenvalue weighted by Crippen LogP contribution is -2.41. The first kappa shape index (κ1) is 41.8. The van der Waals surface area contributed by atoms with Crippen molar-refractivity contribution in [2.24, 2.45) is 0 Å². The van der Waals surface area contributed by atoms with Gasteiger partial charge in [0.05, 0.1) is 27.2 Å². The van der Waals surface area contributed by atoms with Crippen LogP contribution in [0.1, 0.15) is 59.1 Å². The van der Waals surface area contributed by atoms with Crippen LogP contribution in [0.5, 0.6) is 11.5 Å². The van der Waals surface area contributed by atoms with Crippen molar-refractivity contribution in [3.63, 3.8) is 0 Å². The number of nitrogens with one attached hydrogen (secondary N) is 1. The second-order valence-corrected chi connectivity index (χ2v) is 12.9. The number of nitrogens with zero attached hydrogens (tertiary/aromatic N) is 2. The SMILES string of the molecule is C.COc1ccc(C(OC[C@H]2O[C@@H](n3cc(C)c(NC(=O)c4ccccc4)nc3=O)C(F)[C@H]2OC(=O)CCC(=O)[O-])(c2ccccc2)c2ccc(OC)cc2)cc1. The highest BCUT2D eigenvalue weighted by atomic mass is 19.1. The zero-order valence-corrected chi connectivity index (χ0v) is 30.8. The molecule has 1 aliphatic rings. The van der Waals surface area contributed by atoms with Crippen LogP contribution in [-0.4, -0.2) is 66.6 Å². The topological polar surface area (TPSA) is 167 Å². The number of hydrogen-bond acceptors (Lipinski definition) is 11. The third kappa shape index (κ3) is 9.20. The van der Waals surface area contributed by atoms with Crippen LogP contribution in [0.25, 0.3) is 0 Å². The average Bonchev–Trinajstić information content (AvgIpc) is 3.53. The maximum absolute atomic E-state index is 16.7. The van der Waals surface area contributed by atoms with Crippen LogP contribution in [0.4, 0.5) is 10.2 Å². The number of halogens is 1. The maximum atomic E-state index is 16.7. The van der Waals surface area contributed by atoms with Gasteiger partial charge in [-0.3, -0.25) is 14.2 Å². The van der Waals surface area contributed by atoms with Crippen LogP contribution >= 0.6 is 0 Å². The molecule has 13 nitrogen and oxygen atoms in total. The number of amides is 1. The third-order valence-corrected chi connectivity index (χ3v) is 9.38. The van der Waals surface area contributed by atoms with Gasteiger partial charge in [0, 0.05) is 23.3 Å². The Labute approximate surface area is 329 Å². The summed E-state index contributed by atoms with van der Waals surface area (Å²) in [6, 6.07) is 32.0. The molecule has 1 fully saturated rings. The van der Waals surface area contributed by atoms with Gasteiger partial charge in [0.15, 0.2) is 18.5 Å². The molecular formula is C43H43FN3O10-. The van der Waals surface area contributed by atoms with Gasteiger partial charge in [-0.05, 0) is 66.4 Å². The normalized spacial score (nSPS) is 17.5. The van der Waals surface area contributed by atoms with E-state index in [0.29, 0.717) is 39.3 Å². The number of aryl methyl sites for hydroxylation is 1. The molecule has 5 aromatic rings. The number of esters is 1. The molecule has 0 spiro atoms. The minimum atomic E-state index is -2.15. The van der Waals surface area contributed by atoms with E-state index in [9.17, 15) is 24.3 Å². The predicted octanol–water partition coefficient (Wildman–Crippen LogP) is 5.14. The van der Waals surface area contributed by atoms with Crippen molar-refractivity contribution in [3.05, 3.63) is 154 Å². The van der Waals surface area contributed by atoms with Crippen LogP contribution in [0, 0.1) is 6.92 Å². The third-order valence-electron chi connectivity index (χ3n) is 9.38. The molecule has 1 unspecified atom stereocenters. The van der Waals surface area contributed by atoms with Crippen LogP contribution in [0.3, 0.4) is 0 Å². The molecule has 4 aromatic carbocycles. The van der Waals surface area contributed by atoms with E-state index in [4.69, 9.17) is 23.7 Å². The van der Waals surface area contributed by atoms with Gasteiger partial charge < -0.3 is 38.9 Å². The summed E-state index contributed by atoms with van der Waals surface area (Å²) in [4.78, 5) is 54.3. The standard InChI is InChI=1S/C42H40FN3O10.CH4/c1-26-24-46(41(51)45-38(26)44-39(50)27-10-6-4-7-11-27)40-36(43)37(56-35(49)23-22-34(47)48)33(55-40)25-54-42(28-12-8-5-9-13-28,29-14-18-31(52-2)19-15-29)30-16-20-32(53-3)21-17-30;/h4-21,24,33,36-37,40H,22-23,25H2,1-3H3,(H,47,48)(H,44,45,50,51);1H4/p-1/t33-,36?,37+,40-;/m1./s1. The summed E-state index contributed by atoms with van der Waals surface area (Å²) in [5.74, 6) is -1.86. The number of carboxylic acid groups (broad SMARTS) is 1. The predicted molar refractivity (Wildman–Crippen MR) is 206 cm³/mol. The number of hydrogen-bond donors (Lipinski definition) is 1. The molecule has 0 radical (unpaired) electrons. The lowest BCUT2D eigenvalue weighted by molar-refractivity contribution is -0.305. The Kier molecular flexibility index (Phi) is 13.6. The van der Waals surface area contributed by atoms with Gasteiger partial charge >= 0.3 is 11.7 Å². The largest absolute Gasteiger partial charge is 0.550 e. The summed E-state index contributed by atoms with van der Waals surface area (Å²) >= 11 is 0. The Balaban J connectivity index is 0.00000620. The fourth-order valence-electron chi connectivity index (χ4n) is 6.53. The summed E-state index contributed by atoms with van der Waals surface area (Å²) < 4.78 is 47.1. The lowest BCUT2D eigenvalue weighted by Gasteiger charge is -2.37. The number of anilines is 1. The Morgan fingerprint density at radius 3 is 1.93 bits per heavy atom. The van der Waals surface area contributed by atoms with Crippen LogP contribution < -0.4 is 25.6 Å². The second kappa shape index (κ2) is 18.5. The number of carbonyl (C=O) groups is 3. The number of rotatable bonds is 15. The highest BCUT2D eigenvalue weighted by molar-refractivity contribution is 6.04. The van der Waals surface area contributed by atoms with E-state index in [1.807, 2.05) is 54.6 Å². The van der Waals surface area contributed by atoms with Crippen molar-refractivity contribution < 1.29 is 47.6 Å². The van der Waals surface area contributed by atoms with E-state index in [1.54, 1.807) is 75.7 Å². The number of aromatic nitrogens is 2. The average molecular weight is 781 g/mol. The quantitative estimate of drug-likeness (QED) is 0.110. The van der Waals surface area contributed by atoms with Gasteiger partial charge in [-0.2, -0.15) is 4.98 Å². The highest BCUT2D eigenvalue weighted by Gasteiger charge is 2.50. The molecule has 6 rings (SSSR count). The first-order chi connectivity index (χ1) is 27.0. The second-order valence-electron chi connectivity index (χ2n) is 12.9. The number of aliphatic carboxylic acids is 1. The molecule has 57 heavy (non-hydrogen) atoms. The van der Waals surface area contributed by atoms with Crippen molar-refractivity contribution in [1.29, 1.82) is 0 Å². The molecular weight excluding hydrogens is 737 g/mol. The van der Waals surface area contributed by atoms with Crippen LogP contribution in [-0.2, 0) is 29.4 Å². The van der Waals surface area contributed by atoms with E-state index < -0.39 is 73.2 Å². The Morgan fingerprint density at radius 1 is 0.842 bits per heavy atom. The molecule has 0 aliphatic carbocycles. The molecule has 298 valence electrons. The summed E-state index contributed by atoms with van der Waals surface area (Å²) in [5, 5.41) is 13.7. The number of methoxy groups -OCH3 is 2. The molecule has 1 aliphatic heterocycles. The monoisotopic (exact) mass is 780 g/mol. The summed E-state index contributed by atoms with van der Waals surface area (Å²) in [6.45, 7) is 1.18. The van der Waals surface area contributed by atoms with Crippen LogP contribution in [0.15, 0.2) is 120 Å². The zero-order chi connectivity index (χ0) is 39.8. The van der Waals surface area contributed by atoms with Gasteiger partial charge in [0.1, 0.15) is 29.0 Å². The van der Waals surface area contributed by atoms with Crippen molar-refractivity contribution >= 4 is 23.7 Å². The van der Waals surface area contributed by atoms with E-state index in [1.165, 1.54) is 6.20 Å². The van der Waals surface area contributed by atoms with Gasteiger partial charge in [0.25, 0.3) is 5.91 Å². The molecule has 2 heterocycles. The van der Waals surface area contributed by atoms with Crippen molar-refractivity contribution in [2.45, 2.75) is 57.4 Å². The fourth-order valence-corrected chi connectivity index (χ4v) is 6.53. The smallest absolute Gasteiger partial charge is 0.351 e. The molecule has 1 N–H and O–H groups in total. The Hall–Kier alpha value is -6.38. The number of benzene rings is 4. The van der Waals surface area contributed by atoms with E-state index in [-0.39, 0.29) is 13.2 Å². The zero-order valence-electron chi connectivity index (χ0n) is 30.8. The summed E-state index contributed by atoms with van der Waals surface area (Å²) in [5.41, 5.74) is 0.334.